The topological polar surface area (TPSA) is 76.1 Å². The van der Waals surface area contributed by atoms with E-state index in [1.807, 2.05) is 31.2 Å². The summed E-state index contributed by atoms with van der Waals surface area (Å²) in [5.74, 6) is 1.37. The van der Waals surface area contributed by atoms with Crippen LogP contribution in [-0.4, -0.2) is 29.5 Å². The van der Waals surface area contributed by atoms with Crippen LogP contribution in [0.3, 0.4) is 0 Å². The monoisotopic (exact) mass is 418 g/mol. The number of benzene rings is 2. The Labute approximate surface area is 184 Å². The molecule has 2 N–H and O–H groups in total. The highest BCUT2D eigenvalue weighted by atomic mass is 16.5. The summed E-state index contributed by atoms with van der Waals surface area (Å²) in [5, 5.41) is 6.34. The maximum atomic E-state index is 12.0. The molecule has 0 bridgehead atoms. The highest BCUT2D eigenvalue weighted by Crippen LogP contribution is 2.28. The fraction of sp³-hybridized carbons (Fsp3) is 0.320. The third-order valence-electron chi connectivity index (χ3n) is 5.04. The Hall–Kier alpha value is -3.41. The fourth-order valence-electron chi connectivity index (χ4n) is 3.53. The number of methoxy groups -OCH3 is 1. The van der Waals surface area contributed by atoms with E-state index in [1.165, 1.54) is 5.56 Å². The number of hydrogen-bond acceptors (Lipinski definition) is 5. The molecular formula is C25H30N4O2. The molecule has 1 aromatic heterocycles. The number of rotatable bonds is 10. The Morgan fingerprint density at radius 1 is 1.10 bits per heavy atom. The predicted molar refractivity (Wildman–Crippen MR) is 124 cm³/mol. The number of carbonyl (C=O) groups excluding carboxylic acids is 1. The van der Waals surface area contributed by atoms with Crippen LogP contribution in [0.15, 0.2) is 60.9 Å². The number of likely N-dealkylation sites (N-methyl/N-ethyl adjacent to an activating group) is 1. The third-order valence-corrected chi connectivity index (χ3v) is 5.04. The number of hydrogen-bond donors (Lipinski definition) is 2. The van der Waals surface area contributed by atoms with Crippen molar-refractivity contribution in [1.29, 1.82) is 0 Å². The molecule has 0 aliphatic carbocycles. The average Bonchev–Trinajstić information content (AvgIpc) is 2.80. The molecule has 0 saturated carbocycles. The van der Waals surface area contributed by atoms with Crippen molar-refractivity contribution < 1.29 is 9.53 Å². The number of ether oxygens (including phenoxy) is 1. The van der Waals surface area contributed by atoms with E-state index >= 15 is 0 Å². The molecule has 0 aliphatic heterocycles. The molecule has 0 spiro atoms. The molecule has 0 fully saturated rings. The van der Waals surface area contributed by atoms with Gasteiger partial charge in [0.1, 0.15) is 11.6 Å². The molecule has 162 valence electrons. The molecule has 0 saturated heterocycles. The van der Waals surface area contributed by atoms with E-state index in [0.29, 0.717) is 12.3 Å². The summed E-state index contributed by atoms with van der Waals surface area (Å²) >= 11 is 0. The van der Waals surface area contributed by atoms with E-state index in [-0.39, 0.29) is 18.4 Å². The minimum Gasteiger partial charge on any atom is -0.496 e. The van der Waals surface area contributed by atoms with Crippen LogP contribution >= 0.6 is 0 Å². The molecule has 31 heavy (non-hydrogen) atoms. The van der Waals surface area contributed by atoms with Crippen LogP contribution in [0.1, 0.15) is 43.9 Å². The SMILES string of the molecule is CCC[C@H](Nc1cncc(-c2ccc(CC(=O)NCC)c(OC)c2)n1)c1ccccc1. The standard InChI is InChI=1S/C25H30N4O2/c1-4-9-21(18-10-7-6-8-11-18)28-24-17-26-16-22(29-24)19-12-13-20(23(14-19)31-3)15-25(30)27-5-2/h6-8,10-14,16-17,21H,4-5,9,15H2,1-3H3,(H,27,30)(H,28,29)/t21-/m0/s1. The lowest BCUT2D eigenvalue weighted by molar-refractivity contribution is -0.120. The highest BCUT2D eigenvalue weighted by molar-refractivity contribution is 5.79. The van der Waals surface area contributed by atoms with Gasteiger partial charge < -0.3 is 15.4 Å². The van der Waals surface area contributed by atoms with E-state index < -0.39 is 0 Å². The summed E-state index contributed by atoms with van der Waals surface area (Å²) in [6.07, 6.45) is 5.82. The molecule has 1 atom stereocenters. The highest BCUT2D eigenvalue weighted by Gasteiger charge is 2.13. The quantitative estimate of drug-likeness (QED) is 0.495. The molecule has 3 rings (SSSR count). The van der Waals surface area contributed by atoms with Gasteiger partial charge >= 0.3 is 0 Å². The van der Waals surface area contributed by atoms with Crippen molar-refractivity contribution in [3.63, 3.8) is 0 Å². The van der Waals surface area contributed by atoms with Gasteiger partial charge in [0.05, 0.1) is 37.7 Å². The minimum atomic E-state index is -0.0255. The second kappa shape index (κ2) is 11.1. The lowest BCUT2D eigenvalue weighted by atomic mass is 10.0. The second-order valence-electron chi connectivity index (χ2n) is 7.34. The molecule has 1 amide bonds. The number of nitrogens with zero attached hydrogens (tertiary/aromatic N) is 2. The Morgan fingerprint density at radius 3 is 2.61 bits per heavy atom. The first-order chi connectivity index (χ1) is 15.1. The normalized spacial score (nSPS) is 11.6. The number of anilines is 1. The second-order valence-corrected chi connectivity index (χ2v) is 7.34. The van der Waals surface area contributed by atoms with Crippen molar-refractivity contribution in [3.05, 3.63) is 72.1 Å². The number of amides is 1. The van der Waals surface area contributed by atoms with Crippen molar-refractivity contribution in [2.24, 2.45) is 0 Å². The van der Waals surface area contributed by atoms with Crippen LogP contribution in [-0.2, 0) is 11.2 Å². The van der Waals surface area contributed by atoms with Crippen LogP contribution in [0.25, 0.3) is 11.3 Å². The van der Waals surface area contributed by atoms with E-state index in [1.54, 1.807) is 19.5 Å². The zero-order chi connectivity index (χ0) is 22.1. The van der Waals surface area contributed by atoms with Crippen LogP contribution in [0.4, 0.5) is 5.82 Å². The predicted octanol–water partition coefficient (Wildman–Crippen LogP) is 4.78. The smallest absolute Gasteiger partial charge is 0.224 e. The Morgan fingerprint density at radius 2 is 1.90 bits per heavy atom. The fourth-order valence-corrected chi connectivity index (χ4v) is 3.53. The van der Waals surface area contributed by atoms with Crippen LogP contribution < -0.4 is 15.4 Å². The zero-order valence-corrected chi connectivity index (χ0v) is 18.4. The van der Waals surface area contributed by atoms with Gasteiger partial charge in [-0.1, -0.05) is 55.8 Å². The van der Waals surface area contributed by atoms with E-state index in [2.05, 4.69) is 46.8 Å². The Bertz CT molecular complexity index is 992. The molecule has 0 unspecified atom stereocenters. The van der Waals surface area contributed by atoms with Crippen molar-refractivity contribution in [1.82, 2.24) is 15.3 Å². The summed E-state index contributed by atoms with van der Waals surface area (Å²) < 4.78 is 5.53. The summed E-state index contributed by atoms with van der Waals surface area (Å²) in [7, 11) is 1.61. The van der Waals surface area contributed by atoms with Gasteiger partial charge in [-0.25, -0.2) is 4.98 Å². The maximum Gasteiger partial charge on any atom is 0.224 e. The van der Waals surface area contributed by atoms with Crippen LogP contribution in [0.5, 0.6) is 5.75 Å². The molecule has 3 aromatic rings. The van der Waals surface area contributed by atoms with Gasteiger partial charge in [0.2, 0.25) is 5.91 Å². The minimum absolute atomic E-state index is 0.0255. The molecule has 0 radical (unpaired) electrons. The molecular weight excluding hydrogens is 388 g/mol. The van der Waals surface area contributed by atoms with Crippen LogP contribution in [0, 0.1) is 0 Å². The van der Waals surface area contributed by atoms with Gasteiger partial charge in [-0.05, 0) is 25.0 Å². The first-order valence-corrected chi connectivity index (χ1v) is 10.7. The summed E-state index contributed by atoms with van der Waals surface area (Å²) in [6.45, 7) is 4.69. The van der Waals surface area contributed by atoms with E-state index in [9.17, 15) is 4.79 Å². The average molecular weight is 419 g/mol. The lowest BCUT2D eigenvalue weighted by Crippen LogP contribution is -2.24. The first-order valence-electron chi connectivity index (χ1n) is 10.7. The summed E-state index contributed by atoms with van der Waals surface area (Å²) in [6, 6.07) is 16.3. The van der Waals surface area contributed by atoms with Gasteiger partial charge in [0, 0.05) is 17.7 Å². The number of carbonyl (C=O) groups is 1. The molecule has 1 heterocycles. The molecule has 6 nitrogen and oxygen atoms in total. The lowest BCUT2D eigenvalue weighted by Gasteiger charge is -2.19. The van der Waals surface area contributed by atoms with Gasteiger partial charge in [-0.3, -0.25) is 9.78 Å². The van der Waals surface area contributed by atoms with Gasteiger partial charge in [-0.2, -0.15) is 0 Å². The van der Waals surface area contributed by atoms with E-state index in [0.717, 1.165) is 35.5 Å². The van der Waals surface area contributed by atoms with Crippen LogP contribution in [0.2, 0.25) is 0 Å². The van der Waals surface area contributed by atoms with Crippen molar-refractivity contribution in [2.75, 3.05) is 19.0 Å². The van der Waals surface area contributed by atoms with Crippen molar-refractivity contribution in [3.8, 4) is 17.0 Å². The molecule has 0 aliphatic rings. The Kier molecular flexibility index (Phi) is 7.98. The van der Waals surface area contributed by atoms with Gasteiger partial charge in [0.25, 0.3) is 0 Å². The van der Waals surface area contributed by atoms with Gasteiger partial charge in [-0.15, -0.1) is 0 Å². The molecule has 6 heteroatoms. The third kappa shape index (κ3) is 6.04. The van der Waals surface area contributed by atoms with Gasteiger partial charge in [0.15, 0.2) is 0 Å². The number of nitrogens with one attached hydrogen (secondary N) is 2. The largest absolute Gasteiger partial charge is 0.496 e. The van der Waals surface area contributed by atoms with Crippen molar-refractivity contribution in [2.45, 2.75) is 39.2 Å². The van der Waals surface area contributed by atoms with E-state index in [4.69, 9.17) is 9.72 Å². The summed E-state index contributed by atoms with van der Waals surface area (Å²) in [4.78, 5) is 21.1. The molecule has 2 aromatic carbocycles. The zero-order valence-electron chi connectivity index (χ0n) is 18.4. The number of aromatic nitrogens is 2. The van der Waals surface area contributed by atoms with Crippen molar-refractivity contribution >= 4 is 11.7 Å². The first kappa shape index (κ1) is 22.3. The summed E-state index contributed by atoms with van der Waals surface area (Å²) in [5.41, 5.74) is 3.70. The maximum absolute atomic E-state index is 12.0. The Balaban J connectivity index is 1.82.